The molecule has 2 N–H and O–H groups in total. The molecule has 2 aromatic rings. The zero-order valence-corrected chi connectivity index (χ0v) is 13.4. The third kappa shape index (κ3) is 4.43. The molecule has 0 aliphatic heterocycles. The van der Waals surface area contributed by atoms with Gasteiger partial charge in [-0.25, -0.2) is 0 Å². The highest BCUT2D eigenvalue weighted by molar-refractivity contribution is 5.94. The number of amides is 1. The summed E-state index contributed by atoms with van der Waals surface area (Å²) >= 11 is 0. The van der Waals surface area contributed by atoms with Crippen molar-refractivity contribution in [2.75, 3.05) is 26.2 Å². The van der Waals surface area contributed by atoms with Gasteiger partial charge in [0.15, 0.2) is 0 Å². The molecule has 0 aliphatic carbocycles. The highest BCUT2D eigenvalue weighted by Crippen LogP contribution is 2.19. The van der Waals surface area contributed by atoms with Crippen LogP contribution in [0, 0.1) is 0 Å². The van der Waals surface area contributed by atoms with Crippen LogP contribution in [-0.2, 0) is 0 Å². The molecular weight excluding hydrogens is 272 g/mol. The van der Waals surface area contributed by atoms with E-state index in [-0.39, 0.29) is 5.91 Å². The fourth-order valence-electron chi connectivity index (χ4n) is 2.50. The first kappa shape index (κ1) is 16.2. The first-order chi connectivity index (χ1) is 10.7. The second-order valence-corrected chi connectivity index (χ2v) is 5.41. The Balaban J connectivity index is 1.91. The van der Waals surface area contributed by atoms with Crippen molar-refractivity contribution < 1.29 is 9.69 Å². The topological polar surface area (TPSA) is 33.5 Å². The third-order valence-electron chi connectivity index (χ3n) is 4.02. The van der Waals surface area contributed by atoms with E-state index < -0.39 is 0 Å². The molecule has 0 unspecified atom stereocenters. The monoisotopic (exact) mass is 297 g/mol. The maximum absolute atomic E-state index is 12.1. The minimum absolute atomic E-state index is 0.00571. The Hall–Kier alpha value is -2.13. The van der Waals surface area contributed by atoms with E-state index in [1.165, 1.54) is 10.5 Å². The normalized spacial score (nSPS) is 10.7. The molecule has 0 spiro atoms. The summed E-state index contributed by atoms with van der Waals surface area (Å²) in [5.74, 6) is 0.00571. The summed E-state index contributed by atoms with van der Waals surface area (Å²) in [5.41, 5.74) is 3.01. The lowest BCUT2D eigenvalue weighted by Crippen LogP contribution is -3.12. The molecule has 0 fully saturated rings. The van der Waals surface area contributed by atoms with Crippen molar-refractivity contribution in [2.45, 2.75) is 13.8 Å². The molecule has 0 heterocycles. The lowest BCUT2D eigenvalue weighted by atomic mass is 10.0. The summed E-state index contributed by atoms with van der Waals surface area (Å²) in [6, 6.07) is 18.0. The first-order valence-corrected chi connectivity index (χ1v) is 8.01. The van der Waals surface area contributed by atoms with Crippen LogP contribution >= 0.6 is 0 Å². The van der Waals surface area contributed by atoms with Crippen molar-refractivity contribution in [3.8, 4) is 11.1 Å². The quantitative estimate of drug-likeness (QED) is 0.805. The summed E-state index contributed by atoms with van der Waals surface area (Å²) < 4.78 is 0. The summed E-state index contributed by atoms with van der Waals surface area (Å²) in [7, 11) is 0. The number of carbonyl (C=O) groups is 1. The molecule has 0 aromatic heterocycles. The van der Waals surface area contributed by atoms with Gasteiger partial charge in [0.1, 0.15) is 0 Å². The highest BCUT2D eigenvalue weighted by atomic mass is 16.1. The van der Waals surface area contributed by atoms with Gasteiger partial charge in [-0.05, 0) is 37.1 Å². The average molecular weight is 297 g/mol. The largest absolute Gasteiger partial charge is 0.346 e. The molecule has 2 aromatic carbocycles. The van der Waals surface area contributed by atoms with Gasteiger partial charge < -0.3 is 10.2 Å². The SMILES string of the molecule is CC[NH+](CC)CCNC(=O)c1ccc(-c2ccccc2)cc1. The summed E-state index contributed by atoms with van der Waals surface area (Å²) in [6.07, 6.45) is 0. The van der Waals surface area contributed by atoms with Crippen LogP contribution in [0.1, 0.15) is 24.2 Å². The molecule has 0 aliphatic rings. The number of likely N-dealkylation sites (N-methyl/N-ethyl adjacent to an activating group) is 1. The molecular formula is C19H25N2O+. The minimum atomic E-state index is 0.00571. The van der Waals surface area contributed by atoms with Crippen LogP contribution in [0.5, 0.6) is 0 Å². The van der Waals surface area contributed by atoms with Gasteiger partial charge in [0.2, 0.25) is 0 Å². The molecule has 0 bridgehead atoms. The first-order valence-electron chi connectivity index (χ1n) is 8.01. The minimum Gasteiger partial charge on any atom is -0.346 e. The molecule has 0 radical (unpaired) electrons. The van der Waals surface area contributed by atoms with Gasteiger partial charge in [-0.1, -0.05) is 42.5 Å². The number of hydrogen-bond donors (Lipinski definition) is 2. The molecule has 116 valence electrons. The standard InChI is InChI=1S/C19H24N2O/c1-3-21(4-2)15-14-20-19(22)18-12-10-17(11-13-18)16-8-6-5-7-9-16/h5-13H,3-4,14-15H2,1-2H3,(H,20,22)/p+1. The summed E-state index contributed by atoms with van der Waals surface area (Å²) in [6.45, 7) is 8.22. The van der Waals surface area contributed by atoms with E-state index >= 15 is 0 Å². The lowest BCUT2D eigenvalue weighted by molar-refractivity contribution is -0.895. The van der Waals surface area contributed by atoms with Crippen molar-refractivity contribution in [1.82, 2.24) is 5.32 Å². The molecule has 0 saturated carbocycles. The fraction of sp³-hybridized carbons (Fsp3) is 0.316. The van der Waals surface area contributed by atoms with Gasteiger partial charge in [0.25, 0.3) is 5.91 Å². The van der Waals surface area contributed by atoms with Crippen LogP contribution in [-0.4, -0.2) is 32.1 Å². The Morgan fingerprint density at radius 2 is 1.50 bits per heavy atom. The summed E-state index contributed by atoms with van der Waals surface area (Å²) in [4.78, 5) is 13.6. The van der Waals surface area contributed by atoms with Gasteiger partial charge in [-0.15, -0.1) is 0 Å². The van der Waals surface area contributed by atoms with Crippen molar-refractivity contribution in [2.24, 2.45) is 0 Å². The van der Waals surface area contributed by atoms with Crippen LogP contribution < -0.4 is 10.2 Å². The molecule has 22 heavy (non-hydrogen) atoms. The van der Waals surface area contributed by atoms with Crippen LogP contribution in [0.2, 0.25) is 0 Å². The van der Waals surface area contributed by atoms with E-state index in [9.17, 15) is 4.79 Å². The van der Waals surface area contributed by atoms with Gasteiger partial charge in [0.05, 0.1) is 26.2 Å². The number of nitrogens with one attached hydrogen (secondary N) is 2. The molecule has 1 amide bonds. The number of rotatable bonds is 7. The van der Waals surface area contributed by atoms with Crippen LogP contribution in [0.4, 0.5) is 0 Å². The van der Waals surface area contributed by atoms with Gasteiger partial charge in [0, 0.05) is 5.56 Å². The fourth-order valence-corrected chi connectivity index (χ4v) is 2.50. The van der Waals surface area contributed by atoms with Crippen LogP contribution in [0.3, 0.4) is 0 Å². The van der Waals surface area contributed by atoms with Crippen molar-refractivity contribution in [1.29, 1.82) is 0 Å². The molecule has 0 saturated heterocycles. The van der Waals surface area contributed by atoms with E-state index in [1.54, 1.807) is 0 Å². The zero-order chi connectivity index (χ0) is 15.8. The number of benzene rings is 2. The maximum Gasteiger partial charge on any atom is 0.251 e. The van der Waals surface area contributed by atoms with Crippen molar-refractivity contribution in [3.05, 3.63) is 60.2 Å². The number of quaternary nitrogens is 1. The Labute approximate surface area is 133 Å². The Morgan fingerprint density at radius 1 is 0.909 bits per heavy atom. The Morgan fingerprint density at radius 3 is 2.09 bits per heavy atom. The molecule has 0 atom stereocenters. The summed E-state index contributed by atoms with van der Waals surface area (Å²) in [5, 5.41) is 3.00. The maximum atomic E-state index is 12.1. The van der Waals surface area contributed by atoms with E-state index in [4.69, 9.17) is 0 Å². The highest BCUT2D eigenvalue weighted by Gasteiger charge is 2.07. The van der Waals surface area contributed by atoms with Crippen LogP contribution in [0.15, 0.2) is 54.6 Å². The molecule has 2 rings (SSSR count). The average Bonchev–Trinajstić information content (AvgIpc) is 2.59. The smallest absolute Gasteiger partial charge is 0.251 e. The molecule has 3 heteroatoms. The van der Waals surface area contributed by atoms with Crippen LogP contribution in [0.25, 0.3) is 11.1 Å². The second kappa shape index (κ2) is 8.35. The van der Waals surface area contributed by atoms with Gasteiger partial charge >= 0.3 is 0 Å². The lowest BCUT2D eigenvalue weighted by Gasteiger charge is -2.15. The van der Waals surface area contributed by atoms with E-state index in [0.29, 0.717) is 5.56 Å². The Kier molecular flexibility index (Phi) is 6.16. The molecule has 3 nitrogen and oxygen atoms in total. The second-order valence-electron chi connectivity index (χ2n) is 5.41. The predicted octanol–water partition coefficient (Wildman–Crippen LogP) is 2.01. The van der Waals surface area contributed by atoms with Crippen molar-refractivity contribution in [3.63, 3.8) is 0 Å². The predicted molar refractivity (Wildman–Crippen MR) is 91.1 cm³/mol. The zero-order valence-electron chi connectivity index (χ0n) is 13.4. The Bertz CT molecular complexity index is 574. The van der Waals surface area contributed by atoms with Gasteiger partial charge in [-0.2, -0.15) is 0 Å². The third-order valence-corrected chi connectivity index (χ3v) is 4.02. The van der Waals surface area contributed by atoms with E-state index in [2.05, 4.69) is 31.3 Å². The number of hydrogen-bond acceptors (Lipinski definition) is 1. The van der Waals surface area contributed by atoms with Gasteiger partial charge in [-0.3, -0.25) is 4.79 Å². The number of carbonyl (C=O) groups excluding carboxylic acids is 1. The van der Waals surface area contributed by atoms with Crippen molar-refractivity contribution >= 4 is 5.91 Å². The van der Waals surface area contributed by atoms with E-state index in [1.807, 2.05) is 42.5 Å². The van der Waals surface area contributed by atoms with E-state index in [0.717, 1.165) is 31.7 Å².